The van der Waals surface area contributed by atoms with Crippen molar-refractivity contribution >= 4 is 5.97 Å². The first-order valence-electron chi connectivity index (χ1n) is 11.1. The van der Waals surface area contributed by atoms with Gasteiger partial charge in [0.1, 0.15) is 0 Å². The molecular formula is C23H44O2. The Morgan fingerprint density at radius 1 is 0.600 bits per heavy atom. The van der Waals surface area contributed by atoms with E-state index in [0.717, 1.165) is 12.8 Å². The minimum atomic E-state index is -0.658. The first-order valence-corrected chi connectivity index (χ1v) is 11.1. The predicted octanol–water partition coefficient (Wildman–Crippen LogP) is 8.06. The zero-order valence-electron chi connectivity index (χ0n) is 16.9. The van der Waals surface area contributed by atoms with E-state index in [9.17, 15) is 4.79 Å². The molecule has 0 amide bonds. The quantitative estimate of drug-likeness (QED) is 0.178. The third-order valence-corrected chi connectivity index (χ3v) is 4.90. The van der Waals surface area contributed by atoms with Crippen LogP contribution in [0.5, 0.6) is 0 Å². The van der Waals surface area contributed by atoms with E-state index in [4.69, 9.17) is 5.11 Å². The van der Waals surface area contributed by atoms with Crippen LogP contribution in [-0.4, -0.2) is 11.1 Å². The van der Waals surface area contributed by atoms with E-state index in [2.05, 4.69) is 19.1 Å². The standard InChI is InChI=1S/C23H44O2/c1-2-3-4-5-6-7-8-9-10-11-12-13-14-15-16-17-18-19-20-21-22-23(24)25/h12-13H,2-11,14-22H2,1H3,(H,24,25)/b13-12+. The van der Waals surface area contributed by atoms with Crippen molar-refractivity contribution in [2.75, 3.05) is 0 Å². The number of carboxylic acids is 1. The van der Waals surface area contributed by atoms with Gasteiger partial charge < -0.3 is 5.11 Å². The monoisotopic (exact) mass is 352 g/mol. The molecule has 0 fully saturated rings. The lowest BCUT2D eigenvalue weighted by Gasteiger charge is -2.01. The summed E-state index contributed by atoms with van der Waals surface area (Å²) in [4.78, 5) is 10.4. The Kier molecular flexibility index (Phi) is 20.6. The van der Waals surface area contributed by atoms with Gasteiger partial charge >= 0.3 is 5.97 Å². The van der Waals surface area contributed by atoms with Crippen LogP contribution in [0.3, 0.4) is 0 Å². The molecule has 2 heteroatoms. The number of aliphatic carboxylic acids is 1. The maximum absolute atomic E-state index is 10.4. The van der Waals surface area contributed by atoms with Gasteiger partial charge in [-0.05, 0) is 32.1 Å². The molecule has 0 aliphatic carbocycles. The molecular weight excluding hydrogens is 308 g/mol. The molecule has 0 aromatic heterocycles. The van der Waals surface area contributed by atoms with Crippen molar-refractivity contribution in [1.29, 1.82) is 0 Å². The van der Waals surface area contributed by atoms with Gasteiger partial charge in [0.2, 0.25) is 0 Å². The smallest absolute Gasteiger partial charge is 0.303 e. The maximum atomic E-state index is 10.4. The summed E-state index contributed by atoms with van der Waals surface area (Å²) >= 11 is 0. The fourth-order valence-electron chi connectivity index (χ4n) is 3.23. The van der Waals surface area contributed by atoms with Crippen molar-refractivity contribution in [3.63, 3.8) is 0 Å². The number of hydrogen-bond acceptors (Lipinski definition) is 1. The topological polar surface area (TPSA) is 37.3 Å². The van der Waals surface area contributed by atoms with Crippen molar-refractivity contribution in [1.82, 2.24) is 0 Å². The normalized spacial score (nSPS) is 11.4. The van der Waals surface area contributed by atoms with Crippen molar-refractivity contribution in [3.8, 4) is 0 Å². The van der Waals surface area contributed by atoms with E-state index in [1.165, 1.54) is 103 Å². The molecule has 0 aliphatic rings. The number of allylic oxidation sites excluding steroid dienone is 2. The highest BCUT2D eigenvalue weighted by Gasteiger charge is 1.96. The second-order valence-corrected chi connectivity index (χ2v) is 7.50. The first kappa shape index (κ1) is 24.2. The largest absolute Gasteiger partial charge is 0.481 e. The fourth-order valence-corrected chi connectivity index (χ4v) is 3.23. The van der Waals surface area contributed by atoms with Gasteiger partial charge in [0, 0.05) is 6.42 Å². The summed E-state index contributed by atoms with van der Waals surface area (Å²) in [6.07, 6.45) is 28.6. The van der Waals surface area contributed by atoms with Crippen LogP contribution in [0.2, 0.25) is 0 Å². The average Bonchev–Trinajstić information content (AvgIpc) is 2.60. The second-order valence-electron chi connectivity index (χ2n) is 7.50. The van der Waals surface area contributed by atoms with Crippen molar-refractivity contribution in [2.24, 2.45) is 0 Å². The van der Waals surface area contributed by atoms with E-state index in [-0.39, 0.29) is 0 Å². The molecule has 0 saturated carbocycles. The number of rotatable bonds is 20. The van der Waals surface area contributed by atoms with Gasteiger partial charge in [-0.3, -0.25) is 4.79 Å². The van der Waals surface area contributed by atoms with Crippen LogP contribution >= 0.6 is 0 Å². The van der Waals surface area contributed by atoms with E-state index in [1.54, 1.807) is 0 Å². The van der Waals surface area contributed by atoms with Crippen LogP contribution in [0.1, 0.15) is 129 Å². The molecule has 0 bridgehead atoms. The Labute approximate surface area is 157 Å². The lowest BCUT2D eigenvalue weighted by atomic mass is 10.1. The molecule has 25 heavy (non-hydrogen) atoms. The van der Waals surface area contributed by atoms with Crippen molar-refractivity contribution in [3.05, 3.63) is 12.2 Å². The number of unbranched alkanes of at least 4 members (excludes halogenated alkanes) is 16. The summed E-state index contributed by atoms with van der Waals surface area (Å²) in [6, 6.07) is 0. The van der Waals surface area contributed by atoms with Crippen LogP contribution < -0.4 is 0 Å². The Hall–Kier alpha value is -0.790. The summed E-state index contributed by atoms with van der Waals surface area (Å²) in [5.41, 5.74) is 0. The van der Waals surface area contributed by atoms with Gasteiger partial charge in [0.25, 0.3) is 0 Å². The molecule has 148 valence electrons. The molecule has 0 spiro atoms. The number of carboxylic acid groups (broad SMARTS) is 1. The Morgan fingerprint density at radius 3 is 1.36 bits per heavy atom. The SMILES string of the molecule is CCCCCCCCCCC/C=C/CCCCCCCCCC(=O)O. The van der Waals surface area contributed by atoms with Gasteiger partial charge in [0.05, 0.1) is 0 Å². The van der Waals surface area contributed by atoms with E-state index >= 15 is 0 Å². The van der Waals surface area contributed by atoms with Gasteiger partial charge in [0.15, 0.2) is 0 Å². The summed E-state index contributed by atoms with van der Waals surface area (Å²) in [5, 5.41) is 8.56. The van der Waals surface area contributed by atoms with E-state index < -0.39 is 5.97 Å². The molecule has 1 N–H and O–H groups in total. The highest BCUT2D eigenvalue weighted by molar-refractivity contribution is 5.66. The van der Waals surface area contributed by atoms with Crippen LogP contribution in [0.25, 0.3) is 0 Å². The highest BCUT2D eigenvalue weighted by Crippen LogP contribution is 2.12. The predicted molar refractivity (Wildman–Crippen MR) is 110 cm³/mol. The molecule has 0 aromatic carbocycles. The first-order chi connectivity index (χ1) is 12.3. The average molecular weight is 353 g/mol. The van der Waals surface area contributed by atoms with Crippen molar-refractivity contribution in [2.45, 2.75) is 129 Å². The molecule has 2 nitrogen and oxygen atoms in total. The fraction of sp³-hybridized carbons (Fsp3) is 0.870. The Bertz CT molecular complexity index is 296. The summed E-state index contributed by atoms with van der Waals surface area (Å²) in [7, 11) is 0. The molecule has 0 saturated heterocycles. The molecule has 0 heterocycles. The molecule has 0 radical (unpaired) electrons. The molecule has 0 atom stereocenters. The van der Waals surface area contributed by atoms with Crippen LogP contribution in [0, 0.1) is 0 Å². The summed E-state index contributed by atoms with van der Waals surface area (Å²) < 4.78 is 0. The van der Waals surface area contributed by atoms with E-state index in [0.29, 0.717) is 6.42 Å². The van der Waals surface area contributed by atoms with Crippen LogP contribution in [-0.2, 0) is 4.79 Å². The van der Waals surface area contributed by atoms with Gasteiger partial charge in [-0.15, -0.1) is 0 Å². The highest BCUT2D eigenvalue weighted by atomic mass is 16.4. The Balaban J connectivity index is 3.07. The number of hydrogen-bond donors (Lipinski definition) is 1. The lowest BCUT2D eigenvalue weighted by molar-refractivity contribution is -0.137. The molecule has 0 aliphatic heterocycles. The minimum absolute atomic E-state index is 0.337. The van der Waals surface area contributed by atoms with Gasteiger partial charge in [-0.1, -0.05) is 103 Å². The second kappa shape index (κ2) is 21.3. The number of carbonyl (C=O) groups is 1. The summed E-state index contributed by atoms with van der Waals surface area (Å²) in [6.45, 7) is 2.28. The third-order valence-electron chi connectivity index (χ3n) is 4.90. The maximum Gasteiger partial charge on any atom is 0.303 e. The summed E-state index contributed by atoms with van der Waals surface area (Å²) in [5.74, 6) is -0.658. The lowest BCUT2D eigenvalue weighted by Crippen LogP contribution is -1.93. The molecule has 0 unspecified atom stereocenters. The van der Waals surface area contributed by atoms with Gasteiger partial charge in [-0.25, -0.2) is 0 Å². The van der Waals surface area contributed by atoms with E-state index in [1.807, 2.05) is 0 Å². The van der Waals surface area contributed by atoms with Crippen LogP contribution in [0.4, 0.5) is 0 Å². The zero-order chi connectivity index (χ0) is 18.4. The Morgan fingerprint density at radius 2 is 0.960 bits per heavy atom. The van der Waals surface area contributed by atoms with Gasteiger partial charge in [-0.2, -0.15) is 0 Å². The third kappa shape index (κ3) is 23.2. The zero-order valence-corrected chi connectivity index (χ0v) is 16.9. The molecule has 0 aromatic rings. The van der Waals surface area contributed by atoms with Crippen LogP contribution in [0.15, 0.2) is 12.2 Å². The van der Waals surface area contributed by atoms with Crippen molar-refractivity contribution < 1.29 is 9.90 Å². The molecule has 0 rings (SSSR count). The minimum Gasteiger partial charge on any atom is -0.481 e.